The Morgan fingerprint density at radius 3 is 2.64 bits per heavy atom. The van der Waals surface area contributed by atoms with Crippen molar-refractivity contribution in [3.8, 4) is 0 Å². The number of rotatable bonds is 4. The zero-order valence-corrected chi connectivity index (χ0v) is 16.9. The smallest absolute Gasteiger partial charge is 0.404 e. The molecular formula is C18H31N3O3Si. The number of pyridine rings is 1. The largest absolute Gasteiger partial charge is 0.465 e. The highest BCUT2D eigenvalue weighted by Gasteiger charge is 2.43. The van der Waals surface area contributed by atoms with Crippen LogP contribution in [0.1, 0.15) is 51.5 Å². The monoisotopic (exact) mass is 365 g/mol. The summed E-state index contributed by atoms with van der Waals surface area (Å²) in [5, 5.41) is 12.0. The number of hydrogen-bond acceptors (Lipinski definition) is 4. The topological polar surface area (TPSA) is 97.5 Å². The second-order valence-electron chi connectivity index (χ2n) is 8.49. The van der Waals surface area contributed by atoms with Crippen LogP contribution in [0.25, 0.3) is 0 Å². The number of nitrogens with two attached hydrogens (primary N) is 1. The Morgan fingerprint density at radius 2 is 2.08 bits per heavy atom. The van der Waals surface area contributed by atoms with Gasteiger partial charge in [0, 0.05) is 6.20 Å². The van der Waals surface area contributed by atoms with Gasteiger partial charge < -0.3 is 20.6 Å². The molecule has 25 heavy (non-hydrogen) atoms. The predicted octanol–water partition coefficient (Wildman–Crippen LogP) is 3.96. The second kappa shape index (κ2) is 7.33. The van der Waals surface area contributed by atoms with Crippen molar-refractivity contribution in [1.29, 1.82) is 0 Å². The van der Waals surface area contributed by atoms with Gasteiger partial charge in [-0.3, -0.25) is 4.98 Å². The first-order valence-electron chi connectivity index (χ1n) is 8.88. The standard InChI is InChI=1S/C18H31N3O3Si/c1-18(2,3)25(4,5)24-16-7-6-12(10-15(16)21-17(22)23)13-8-9-20-11-14(13)19/h8-9,11-12,15-16,21H,6-7,10,19H2,1-5H3,(H,22,23). The molecule has 1 aliphatic carbocycles. The highest BCUT2D eigenvalue weighted by Crippen LogP contribution is 2.42. The maximum atomic E-state index is 11.3. The average Bonchev–Trinajstić information content (AvgIpc) is 2.48. The number of nitrogens with one attached hydrogen (secondary N) is 1. The lowest BCUT2D eigenvalue weighted by atomic mass is 9.79. The van der Waals surface area contributed by atoms with Gasteiger partial charge in [0.25, 0.3) is 0 Å². The number of nitrogen functional groups attached to an aromatic ring is 1. The number of aromatic nitrogens is 1. The van der Waals surface area contributed by atoms with E-state index in [1.54, 1.807) is 12.4 Å². The van der Waals surface area contributed by atoms with Crippen molar-refractivity contribution in [3.63, 3.8) is 0 Å². The first-order chi connectivity index (χ1) is 11.5. The lowest BCUT2D eigenvalue weighted by Gasteiger charge is -2.44. The normalized spacial score (nSPS) is 24.8. The number of nitrogens with zero attached hydrogens (tertiary/aromatic N) is 1. The van der Waals surface area contributed by atoms with Crippen molar-refractivity contribution in [1.82, 2.24) is 10.3 Å². The Labute approximate surface area is 151 Å². The van der Waals surface area contributed by atoms with Gasteiger partial charge in [0.1, 0.15) is 0 Å². The van der Waals surface area contributed by atoms with E-state index in [-0.39, 0.29) is 23.1 Å². The van der Waals surface area contributed by atoms with E-state index in [4.69, 9.17) is 10.2 Å². The van der Waals surface area contributed by atoms with Crippen molar-refractivity contribution in [2.45, 2.75) is 76.2 Å². The molecule has 140 valence electrons. The molecule has 3 atom stereocenters. The van der Waals surface area contributed by atoms with Crippen LogP contribution in [0, 0.1) is 0 Å². The fourth-order valence-corrected chi connectivity index (χ4v) is 4.61. The quantitative estimate of drug-likeness (QED) is 0.702. The number of anilines is 1. The Bertz CT molecular complexity index is 616. The van der Waals surface area contributed by atoms with Crippen LogP contribution in [0.15, 0.2) is 18.5 Å². The van der Waals surface area contributed by atoms with E-state index in [1.165, 1.54) is 0 Å². The molecule has 0 aromatic carbocycles. The molecule has 1 aromatic rings. The SMILES string of the molecule is CC(C)(C)[Si](C)(C)OC1CCC(c2ccncc2N)CC1NC(=O)O. The number of carbonyl (C=O) groups is 1. The first-order valence-corrected chi connectivity index (χ1v) is 11.8. The fraction of sp³-hybridized carbons (Fsp3) is 0.667. The van der Waals surface area contributed by atoms with Crippen LogP contribution in [0.4, 0.5) is 10.5 Å². The van der Waals surface area contributed by atoms with Crippen molar-refractivity contribution in [3.05, 3.63) is 24.0 Å². The summed E-state index contributed by atoms with van der Waals surface area (Å²) >= 11 is 0. The fourth-order valence-electron chi connectivity index (χ4n) is 3.22. The van der Waals surface area contributed by atoms with E-state index in [0.717, 1.165) is 18.4 Å². The minimum Gasteiger partial charge on any atom is -0.465 e. The second-order valence-corrected chi connectivity index (χ2v) is 13.2. The zero-order valence-electron chi connectivity index (χ0n) is 15.9. The Hall–Kier alpha value is -1.60. The van der Waals surface area contributed by atoms with Crippen LogP contribution < -0.4 is 11.1 Å². The summed E-state index contributed by atoms with van der Waals surface area (Å²) in [6, 6.07) is 1.71. The van der Waals surface area contributed by atoms with Gasteiger partial charge in [-0.25, -0.2) is 4.79 Å². The number of amides is 1. The van der Waals surface area contributed by atoms with Gasteiger partial charge >= 0.3 is 6.09 Å². The highest BCUT2D eigenvalue weighted by molar-refractivity contribution is 6.74. The molecular weight excluding hydrogens is 334 g/mol. The lowest BCUT2D eigenvalue weighted by Crippen LogP contribution is -2.53. The van der Waals surface area contributed by atoms with Gasteiger partial charge in [0.05, 0.1) is 24.0 Å². The highest BCUT2D eigenvalue weighted by atomic mass is 28.4. The van der Waals surface area contributed by atoms with Crippen LogP contribution in [0.2, 0.25) is 18.1 Å². The molecule has 1 heterocycles. The van der Waals surface area contributed by atoms with Gasteiger partial charge in [-0.05, 0) is 54.9 Å². The van der Waals surface area contributed by atoms with Gasteiger partial charge in [-0.1, -0.05) is 20.8 Å². The van der Waals surface area contributed by atoms with Crippen molar-refractivity contribution < 1.29 is 14.3 Å². The van der Waals surface area contributed by atoms with E-state index in [1.807, 2.05) is 6.07 Å². The molecule has 3 unspecified atom stereocenters. The maximum absolute atomic E-state index is 11.3. The van der Waals surface area contributed by atoms with Crippen LogP contribution in [0.5, 0.6) is 0 Å². The Balaban J connectivity index is 2.18. The maximum Gasteiger partial charge on any atom is 0.404 e. The molecule has 6 nitrogen and oxygen atoms in total. The van der Waals surface area contributed by atoms with Crippen molar-refractivity contribution in [2.75, 3.05) is 5.73 Å². The average molecular weight is 366 g/mol. The Kier molecular flexibility index (Phi) is 5.78. The molecule has 7 heteroatoms. The van der Waals surface area contributed by atoms with Gasteiger partial charge in [-0.15, -0.1) is 0 Å². The molecule has 1 amide bonds. The summed E-state index contributed by atoms with van der Waals surface area (Å²) in [5.74, 6) is 0.221. The van der Waals surface area contributed by atoms with Crippen LogP contribution in [-0.2, 0) is 4.43 Å². The summed E-state index contributed by atoms with van der Waals surface area (Å²) in [4.78, 5) is 15.3. The first kappa shape index (κ1) is 19.7. The van der Waals surface area contributed by atoms with Crippen molar-refractivity contribution >= 4 is 20.1 Å². The van der Waals surface area contributed by atoms with Gasteiger partial charge in [0.15, 0.2) is 8.32 Å². The number of hydrogen-bond donors (Lipinski definition) is 3. The van der Waals surface area contributed by atoms with E-state index >= 15 is 0 Å². The van der Waals surface area contributed by atoms with E-state index in [9.17, 15) is 9.90 Å². The summed E-state index contributed by atoms with van der Waals surface area (Å²) in [6.07, 6.45) is 4.76. The zero-order chi connectivity index (χ0) is 18.8. The molecule has 4 N–H and O–H groups in total. The molecule has 0 saturated heterocycles. The molecule has 0 spiro atoms. The summed E-state index contributed by atoms with van der Waals surface area (Å²) in [6.45, 7) is 11.0. The summed E-state index contributed by atoms with van der Waals surface area (Å²) in [7, 11) is -1.96. The molecule has 0 bridgehead atoms. The van der Waals surface area contributed by atoms with E-state index < -0.39 is 14.4 Å². The lowest BCUT2D eigenvalue weighted by molar-refractivity contribution is 0.0889. The van der Waals surface area contributed by atoms with Crippen LogP contribution in [-0.4, -0.2) is 36.6 Å². The molecule has 1 fully saturated rings. The number of carboxylic acid groups (broad SMARTS) is 1. The summed E-state index contributed by atoms with van der Waals surface area (Å²) < 4.78 is 6.54. The van der Waals surface area contributed by atoms with E-state index in [2.05, 4.69) is 44.2 Å². The van der Waals surface area contributed by atoms with Gasteiger partial charge in [0.2, 0.25) is 0 Å². The third-order valence-electron chi connectivity index (χ3n) is 5.67. The molecule has 0 aliphatic heterocycles. The molecule has 0 radical (unpaired) electrons. The molecule has 1 aliphatic rings. The third kappa shape index (κ3) is 4.73. The van der Waals surface area contributed by atoms with Crippen LogP contribution in [0.3, 0.4) is 0 Å². The minimum absolute atomic E-state index is 0.0868. The summed E-state index contributed by atoms with van der Waals surface area (Å²) in [5.41, 5.74) is 7.79. The third-order valence-corrected chi connectivity index (χ3v) is 10.2. The molecule has 2 rings (SSSR count). The van der Waals surface area contributed by atoms with Crippen LogP contribution >= 0.6 is 0 Å². The Morgan fingerprint density at radius 1 is 1.40 bits per heavy atom. The molecule has 1 saturated carbocycles. The molecule has 1 aromatic heterocycles. The van der Waals surface area contributed by atoms with Gasteiger partial charge in [-0.2, -0.15) is 0 Å². The predicted molar refractivity (Wildman–Crippen MR) is 102 cm³/mol. The van der Waals surface area contributed by atoms with E-state index in [0.29, 0.717) is 12.1 Å². The minimum atomic E-state index is -1.96. The van der Waals surface area contributed by atoms with Crippen molar-refractivity contribution in [2.24, 2.45) is 0 Å².